The third-order valence-electron chi connectivity index (χ3n) is 8.92. The predicted molar refractivity (Wildman–Crippen MR) is 220 cm³/mol. The number of quaternary nitrogens is 1. The molecule has 0 spiro atoms. The van der Waals surface area contributed by atoms with Gasteiger partial charge in [-0.05, 0) is 51.4 Å². The van der Waals surface area contributed by atoms with Gasteiger partial charge in [-0.2, -0.15) is 0 Å². The lowest BCUT2D eigenvalue weighted by Gasteiger charge is -2.24. The van der Waals surface area contributed by atoms with Crippen molar-refractivity contribution in [1.82, 2.24) is 0 Å². The monoisotopic (exact) mass is 771 g/mol. The maximum absolute atomic E-state index is 12.7. The van der Waals surface area contributed by atoms with Crippen LogP contribution in [-0.2, 0) is 32.7 Å². The van der Waals surface area contributed by atoms with Crippen LogP contribution >= 0.6 is 7.82 Å². The fourth-order valence-corrected chi connectivity index (χ4v) is 6.29. The van der Waals surface area contributed by atoms with Crippen molar-refractivity contribution in [2.75, 3.05) is 47.5 Å². The van der Waals surface area contributed by atoms with Crippen molar-refractivity contribution in [2.24, 2.45) is 0 Å². The molecule has 0 radical (unpaired) electrons. The Morgan fingerprint density at radius 3 is 1.55 bits per heavy atom. The number of unbranched alkanes of at least 4 members (excludes halogenated alkanes) is 18. The summed E-state index contributed by atoms with van der Waals surface area (Å²) < 4.78 is 34.2. The predicted octanol–water partition coefficient (Wildman–Crippen LogP) is 11.7. The molecule has 0 amide bonds. The molecular weight excluding hydrogens is 689 g/mol. The molecular formula is C43H81NO8P+. The number of likely N-dealkylation sites (N-methyl/N-ethyl adjacent to an activating group) is 1. The van der Waals surface area contributed by atoms with E-state index in [-0.39, 0.29) is 32.0 Å². The Bertz CT molecular complexity index is 1010. The van der Waals surface area contributed by atoms with Crippen molar-refractivity contribution in [2.45, 2.75) is 180 Å². The van der Waals surface area contributed by atoms with E-state index in [1.165, 1.54) is 70.6 Å². The number of rotatable bonds is 38. The van der Waals surface area contributed by atoms with Crippen LogP contribution in [0, 0.1) is 0 Å². The Morgan fingerprint density at radius 2 is 1.02 bits per heavy atom. The number of nitrogens with zero attached hydrogens (tertiary/aromatic N) is 1. The topological polar surface area (TPSA) is 108 Å². The molecule has 0 heterocycles. The minimum atomic E-state index is -4.37. The molecule has 0 aliphatic rings. The lowest BCUT2D eigenvalue weighted by molar-refractivity contribution is -0.870. The first-order valence-corrected chi connectivity index (χ1v) is 22.7. The van der Waals surface area contributed by atoms with Gasteiger partial charge in [0.05, 0.1) is 27.7 Å². The van der Waals surface area contributed by atoms with Crippen LogP contribution in [0.1, 0.15) is 174 Å². The van der Waals surface area contributed by atoms with Gasteiger partial charge in [-0.3, -0.25) is 18.6 Å². The molecule has 2 atom stereocenters. The van der Waals surface area contributed by atoms with Crippen molar-refractivity contribution in [3.63, 3.8) is 0 Å². The first kappa shape index (κ1) is 51.2. The van der Waals surface area contributed by atoms with Crippen LogP contribution in [0.3, 0.4) is 0 Å². The summed E-state index contributed by atoms with van der Waals surface area (Å²) in [5, 5.41) is 0. The van der Waals surface area contributed by atoms with E-state index in [1.807, 2.05) is 21.1 Å². The molecule has 0 aromatic carbocycles. The summed E-state index contributed by atoms with van der Waals surface area (Å²) in [5.74, 6) is -0.814. The van der Waals surface area contributed by atoms with Gasteiger partial charge in [0.1, 0.15) is 19.8 Å². The molecule has 0 saturated heterocycles. The quantitative estimate of drug-likeness (QED) is 0.0217. The molecule has 0 aromatic heterocycles. The van der Waals surface area contributed by atoms with Crippen molar-refractivity contribution in [3.8, 4) is 0 Å². The highest BCUT2D eigenvalue weighted by molar-refractivity contribution is 7.47. The minimum absolute atomic E-state index is 0.0292. The number of allylic oxidation sites excluding steroid dienone is 6. The van der Waals surface area contributed by atoms with Gasteiger partial charge >= 0.3 is 19.8 Å². The standard InChI is InChI=1S/C43H80NO8P/c1-6-8-10-12-14-16-18-19-20-21-22-23-24-25-26-28-30-32-34-36-43(46)52-41(40-51-53(47,48)50-38-37-44(3,4)5)39-49-42(45)35-33-31-29-27-17-15-13-11-9-7-2/h14,16,19-20,22-23,41H,6-13,15,17-18,21,24-40H2,1-5H3/p+1/b16-14-,20-19-,23-22-. The third kappa shape index (κ3) is 39.7. The van der Waals surface area contributed by atoms with E-state index in [0.717, 1.165) is 70.6 Å². The molecule has 0 aliphatic carbocycles. The zero-order valence-electron chi connectivity index (χ0n) is 34.7. The Balaban J connectivity index is 4.37. The van der Waals surface area contributed by atoms with Gasteiger partial charge in [0.2, 0.25) is 0 Å². The number of phosphoric ester groups is 1. The minimum Gasteiger partial charge on any atom is -0.462 e. The molecule has 310 valence electrons. The average Bonchev–Trinajstić information content (AvgIpc) is 3.10. The second-order valence-electron chi connectivity index (χ2n) is 15.4. The van der Waals surface area contributed by atoms with Crippen molar-refractivity contribution in [3.05, 3.63) is 36.5 Å². The molecule has 10 heteroatoms. The highest BCUT2D eigenvalue weighted by Gasteiger charge is 2.27. The van der Waals surface area contributed by atoms with Crippen molar-refractivity contribution < 1.29 is 42.1 Å². The Morgan fingerprint density at radius 1 is 0.585 bits per heavy atom. The molecule has 0 rings (SSSR count). The average molecular weight is 771 g/mol. The van der Waals surface area contributed by atoms with E-state index in [1.54, 1.807) is 0 Å². The summed E-state index contributed by atoms with van der Waals surface area (Å²) in [7, 11) is 1.47. The maximum Gasteiger partial charge on any atom is 0.472 e. The van der Waals surface area contributed by atoms with Gasteiger partial charge < -0.3 is 18.9 Å². The normalized spacial score (nSPS) is 14.0. The summed E-state index contributed by atoms with van der Waals surface area (Å²) in [5.41, 5.74) is 0. The van der Waals surface area contributed by atoms with Crippen molar-refractivity contribution >= 4 is 19.8 Å². The molecule has 0 fully saturated rings. The van der Waals surface area contributed by atoms with Crippen LogP contribution in [0.25, 0.3) is 0 Å². The number of hydrogen-bond acceptors (Lipinski definition) is 7. The van der Waals surface area contributed by atoms with Crippen LogP contribution in [0.15, 0.2) is 36.5 Å². The van der Waals surface area contributed by atoms with Gasteiger partial charge in [-0.15, -0.1) is 0 Å². The van der Waals surface area contributed by atoms with E-state index in [2.05, 4.69) is 50.3 Å². The third-order valence-corrected chi connectivity index (χ3v) is 9.91. The number of phosphoric acid groups is 1. The molecule has 0 bridgehead atoms. The molecule has 0 aliphatic heterocycles. The lowest BCUT2D eigenvalue weighted by Crippen LogP contribution is -2.37. The SMILES string of the molecule is CCCCC/C=C\C/C=C\C/C=C\CCCCCCCCC(=O)OC(COC(=O)CCCCCCCCCCCC)COP(=O)(O)OCC[N+](C)(C)C. The Kier molecular flexibility index (Phi) is 34.7. The zero-order valence-corrected chi connectivity index (χ0v) is 35.6. The summed E-state index contributed by atoms with van der Waals surface area (Å²) >= 11 is 0. The zero-order chi connectivity index (χ0) is 39.3. The van der Waals surface area contributed by atoms with Gasteiger partial charge in [0, 0.05) is 12.8 Å². The fourth-order valence-electron chi connectivity index (χ4n) is 5.55. The Hall–Kier alpha value is -1.77. The highest BCUT2D eigenvalue weighted by atomic mass is 31.2. The van der Waals surface area contributed by atoms with Crippen LogP contribution in [0.4, 0.5) is 0 Å². The molecule has 53 heavy (non-hydrogen) atoms. The van der Waals surface area contributed by atoms with E-state index in [4.69, 9.17) is 18.5 Å². The summed E-state index contributed by atoms with van der Waals surface area (Å²) in [6.45, 7) is 4.36. The first-order valence-electron chi connectivity index (χ1n) is 21.2. The molecule has 1 N–H and O–H groups in total. The summed E-state index contributed by atoms with van der Waals surface area (Å²) in [6.07, 6.45) is 39.0. The number of esters is 2. The largest absolute Gasteiger partial charge is 0.472 e. The second-order valence-corrected chi connectivity index (χ2v) is 16.8. The van der Waals surface area contributed by atoms with Gasteiger partial charge in [-0.25, -0.2) is 4.57 Å². The number of carbonyl (C=O) groups is 2. The van der Waals surface area contributed by atoms with Gasteiger partial charge in [0.15, 0.2) is 6.10 Å². The molecule has 0 saturated carbocycles. The summed E-state index contributed by atoms with van der Waals surface area (Å²) in [4.78, 5) is 35.2. The molecule has 2 unspecified atom stereocenters. The highest BCUT2D eigenvalue weighted by Crippen LogP contribution is 2.43. The van der Waals surface area contributed by atoms with Crippen LogP contribution in [0.5, 0.6) is 0 Å². The van der Waals surface area contributed by atoms with Crippen molar-refractivity contribution in [1.29, 1.82) is 0 Å². The molecule has 0 aromatic rings. The van der Waals surface area contributed by atoms with Gasteiger partial charge in [0.25, 0.3) is 0 Å². The van der Waals surface area contributed by atoms with E-state index < -0.39 is 26.5 Å². The van der Waals surface area contributed by atoms with Gasteiger partial charge in [-0.1, -0.05) is 147 Å². The first-order chi connectivity index (χ1) is 25.5. The van der Waals surface area contributed by atoms with Crippen LogP contribution < -0.4 is 0 Å². The maximum atomic E-state index is 12.7. The second kappa shape index (κ2) is 35.9. The number of hydrogen-bond donors (Lipinski definition) is 1. The lowest BCUT2D eigenvalue weighted by atomic mass is 10.1. The number of carbonyl (C=O) groups excluding carboxylic acids is 2. The summed E-state index contributed by atoms with van der Waals surface area (Å²) in [6, 6.07) is 0. The number of ether oxygens (including phenoxy) is 2. The van der Waals surface area contributed by atoms with E-state index in [9.17, 15) is 19.0 Å². The van der Waals surface area contributed by atoms with Crippen LogP contribution in [-0.4, -0.2) is 74.9 Å². The molecule has 9 nitrogen and oxygen atoms in total. The van der Waals surface area contributed by atoms with Crippen LogP contribution in [0.2, 0.25) is 0 Å². The van der Waals surface area contributed by atoms with E-state index >= 15 is 0 Å². The van der Waals surface area contributed by atoms with E-state index in [0.29, 0.717) is 17.4 Å². The fraction of sp³-hybridized carbons (Fsp3) is 0.814. The smallest absolute Gasteiger partial charge is 0.462 e. The Labute approximate surface area is 325 Å².